The summed E-state index contributed by atoms with van der Waals surface area (Å²) in [6.45, 7) is 2.13. The molecule has 19 heavy (non-hydrogen) atoms. The molecule has 2 atom stereocenters. The van der Waals surface area contributed by atoms with E-state index in [2.05, 4.69) is 10.1 Å². The van der Waals surface area contributed by atoms with E-state index in [4.69, 9.17) is 4.74 Å². The number of aliphatic hydroxyl groups is 1. The predicted octanol–water partition coefficient (Wildman–Crippen LogP) is 0.504. The van der Waals surface area contributed by atoms with Crippen molar-refractivity contribution in [3.8, 4) is 5.75 Å². The first-order chi connectivity index (χ1) is 9.03. The molecule has 0 saturated heterocycles. The Kier molecular flexibility index (Phi) is 4.07. The highest BCUT2D eigenvalue weighted by molar-refractivity contribution is 5.78. The number of carbonyl (C=O) groups is 1. The second-order valence-corrected chi connectivity index (χ2v) is 4.95. The quantitative estimate of drug-likeness (QED) is 0.759. The van der Waals surface area contributed by atoms with E-state index in [0.717, 1.165) is 12.2 Å². The number of esters is 1. The van der Waals surface area contributed by atoms with Gasteiger partial charge in [-0.05, 0) is 18.6 Å². The number of ether oxygens (including phenoxy) is 2. The van der Waals surface area contributed by atoms with Crippen molar-refractivity contribution in [2.75, 3.05) is 20.2 Å². The van der Waals surface area contributed by atoms with Crippen LogP contribution in [0.25, 0.3) is 0 Å². The Hall–Kier alpha value is -1.59. The van der Waals surface area contributed by atoms with Gasteiger partial charge in [-0.15, -0.1) is 0 Å². The molecular formula is C14H19NO4. The predicted molar refractivity (Wildman–Crippen MR) is 70.1 cm³/mol. The van der Waals surface area contributed by atoms with Gasteiger partial charge in [0, 0.05) is 19.5 Å². The zero-order chi connectivity index (χ0) is 13.9. The van der Waals surface area contributed by atoms with E-state index in [0.29, 0.717) is 6.54 Å². The summed E-state index contributed by atoms with van der Waals surface area (Å²) in [6, 6.07) is 7.91. The molecule has 0 bridgehead atoms. The van der Waals surface area contributed by atoms with Gasteiger partial charge in [0.05, 0.1) is 7.11 Å². The number of carbonyl (C=O) groups excluding carboxylic acids is 1. The van der Waals surface area contributed by atoms with Gasteiger partial charge in [-0.2, -0.15) is 0 Å². The Morgan fingerprint density at radius 1 is 1.58 bits per heavy atom. The lowest BCUT2D eigenvalue weighted by molar-refractivity contribution is -0.159. The first kappa shape index (κ1) is 13.8. The minimum atomic E-state index is -1.51. The summed E-state index contributed by atoms with van der Waals surface area (Å²) in [5.41, 5.74) is -0.325. The van der Waals surface area contributed by atoms with E-state index in [-0.39, 0.29) is 12.6 Å². The molecule has 1 aromatic rings. The minimum Gasteiger partial charge on any atom is -0.488 e. The van der Waals surface area contributed by atoms with Crippen LogP contribution in [-0.4, -0.2) is 43.0 Å². The van der Waals surface area contributed by atoms with Gasteiger partial charge in [0.15, 0.2) is 5.60 Å². The number of fused-ring (bicyclic) bond motifs is 1. The largest absolute Gasteiger partial charge is 0.488 e. The normalized spacial score (nSPS) is 20.3. The van der Waals surface area contributed by atoms with Gasteiger partial charge in [-0.3, -0.25) is 0 Å². The topological polar surface area (TPSA) is 67.8 Å². The highest BCUT2D eigenvalue weighted by Gasteiger charge is 2.31. The second kappa shape index (κ2) is 5.59. The van der Waals surface area contributed by atoms with Gasteiger partial charge in [0.1, 0.15) is 11.9 Å². The molecule has 0 amide bonds. The molecule has 0 radical (unpaired) electrons. The van der Waals surface area contributed by atoms with Crippen LogP contribution < -0.4 is 10.1 Å². The van der Waals surface area contributed by atoms with Crippen molar-refractivity contribution < 1.29 is 19.4 Å². The molecule has 104 valence electrons. The second-order valence-electron chi connectivity index (χ2n) is 4.95. The highest BCUT2D eigenvalue weighted by atomic mass is 16.5. The summed E-state index contributed by atoms with van der Waals surface area (Å²) in [5, 5.41) is 12.9. The average Bonchev–Trinajstić information content (AvgIpc) is 2.80. The first-order valence-electron chi connectivity index (χ1n) is 6.29. The summed E-state index contributed by atoms with van der Waals surface area (Å²) in [5.74, 6) is 0.268. The third-order valence-corrected chi connectivity index (χ3v) is 3.18. The lowest BCUT2D eigenvalue weighted by Gasteiger charge is -2.21. The Labute approximate surface area is 112 Å². The van der Waals surface area contributed by atoms with Gasteiger partial charge in [0.25, 0.3) is 0 Å². The van der Waals surface area contributed by atoms with Gasteiger partial charge in [0.2, 0.25) is 0 Å². The van der Waals surface area contributed by atoms with Crippen LogP contribution in [0.15, 0.2) is 24.3 Å². The highest BCUT2D eigenvalue weighted by Crippen LogP contribution is 2.27. The first-order valence-corrected chi connectivity index (χ1v) is 6.29. The molecule has 5 heteroatoms. The molecule has 1 heterocycles. The molecule has 0 aliphatic carbocycles. The summed E-state index contributed by atoms with van der Waals surface area (Å²) < 4.78 is 10.3. The van der Waals surface area contributed by atoms with E-state index < -0.39 is 11.6 Å². The molecule has 1 aromatic carbocycles. The SMILES string of the molecule is COC(=O)C(C)(O)CNCC1Cc2ccccc2O1. The molecule has 1 aliphatic rings. The fraction of sp³-hybridized carbons (Fsp3) is 0.500. The lowest BCUT2D eigenvalue weighted by atomic mass is 10.1. The van der Waals surface area contributed by atoms with Gasteiger partial charge in [-0.1, -0.05) is 18.2 Å². The van der Waals surface area contributed by atoms with Gasteiger partial charge < -0.3 is 19.9 Å². The van der Waals surface area contributed by atoms with Crippen LogP contribution in [0, 0.1) is 0 Å². The van der Waals surface area contributed by atoms with Crippen LogP contribution >= 0.6 is 0 Å². The van der Waals surface area contributed by atoms with Crippen LogP contribution in [0.1, 0.15) is 12.5 Å². The van der Waals surface area contributed by atoms with E-state index in [1.165, 1.54) is 19.6 Å². The molecule has 0 aromatic heterocycles. The standard InChI is InChI=1S/C14H19NO4/c1-14(17,13(16)18-2)9-15-8-11-7-10-5-3-4-6-12(10)19-11/h3-6,11,15,17H,7-9H2,1-2H3. The molecule has 2 rings (SSSR count). The van der Waals surface area contributed by atoms with Gasteiger partial charge >= 0.3 is 5.97 Å². The zero-order valence-corrected chi connectivity index (χ0v) is 11.2. The summed E-state index contributed by atoms with van der Waals surface area (Å²) in [4.78, 5) is 11.3. The van der Waals surface area contributed by atoms with E-state index >= 15 is 0 Å². The van der Waals surface area contributed by atoms with Crippen LogP contribution in [0.2, 0.25) is 0 Å². The zero-order valence-electron chi connectivity index (χ0n) is 11.2. The lowest BCUT2D eigenvalue weighted by Crippen LogP contribution is -2.47. The molecule has 0 fully saturated rings. The Bertz CT molecular complexity index is 434. The van der Waals surface area contributed by atoms with Crippen molar-refractivity contribution >= 4 is 5.97 Å². The fourth-order valence-corrected chi connectivity index (χ4v) is 2.14. The summed E-state index contributed by atoms with van der Waals surface area (Å²) in [6.07, 6.45) is 0.870. The van der Waals surface area contributed by atoms with Crippen LogP contribution in [0.3, 0.4) is 0 Å². The maximum absolute atomic E-state index is 11.3. The number of hydrogen-bond donors (Lipinski definition) is 2. The van der Waals surface area contributed by atoms with Crippen molar-refractivity contribution in [1.29, 1.82) is 0 Å². The number of nitrogens with one attached hydrogen (secondary N) is 1. The maximum Gasteiger partial charge on any atom is 0.338 e. The fourth-order valence-electron chi connectivity index (χ4n) is 2.14. The molecule has 0 saturated carbocycles. The maximum atomic E-state index is 11.3. The van der Waals surface area contributed by atoms with E-state index in [1.807, 2.05) is 24.3 Å². The molecule has 2 unspecified atom stereocenters. The summed E-state index contributed by atoms with van der Waals surface area (Å²) in [7, 11) is 1.26. The number of rotatable bonds is 5. The van der Waals surface area contributed by atoms with E-state index in [9.17, 15) is 9.90 Å². The minimum absolute atomic E-state index is 0.0332. The number of hydrogen-bond acceptors (Lipinski definition) is 5. The van der Waals surface area contributed by atoms with Crippen molar-refractivity contribution in [3.63, 3.8) is 0 Å². The number of methoxy groups -OCH3 is 1. The van der Waals surface area contributed by atoms with Crippen molar-refractivity contribution in [2.24, 2.45) is 0 Å². The third-order valence-electron chi connectivity index (χ3n) is 3.18. The number of para-hydroxylation sites is 1. The Morgan fingerprint density at radius 2 is 2.32 bits per heavy atom. The van der Waals surface area contributed by atoms with Crippen LogP contribution in [0.5, 0.6) is 5.75 Å². The molecular weight excluding hydrogens is 246 g/mol. The molecule has 0 spiro atoms. The van der Waals surface area contributed by atoms with Crippen molar-refractivity contribution in [1.82, 2.24) is 5.32 Å². The summed E-state index contributed by atoms with van der Waals surface area (Å²) >= 11 is 0. The smallest absolute Gasteiger partial charge is 0.338 e. The monoisotopic (exact) mass is 265 g/mol. The molecule has 5 nitrogen and oxygen atoms in total. The van der Waals surface area contributed by atoms with Crippen LogP contribution in [0.4, 0.5) is 0 Å². The Balaban J connectivity index is 1.78. The third kappa shape index (κ3) is 3.24. The van der Waals surface area contributed by atoms with Gasteiger partial charge in [-0.25, -0.2) is 4.79 Å². The number of benzene rings is 1. The Morgan fingerprint density at radius 3 is 3.00 bits per heavy atom. The average molecular weight is 265 g/mol. The van der Waals surface area contributed by atoms with E-state index in [1.54, 1.807) is 0 Å². The van der Waals surface area contributed by atoms with Crippen molar-refractivity contribution in [2.45, 2.75) is 25.0 Å². The molecule has 1 aliphatic heterocycles. The van der Waals surface area contributed by atoms with Crippen molar-refractivity contribution in [3.05, 3.63) is 29.8 Å². The molecule has 2 N–H and O–H groups in total. The van der Waals surface area contributed by atoms with Crippen LogP contribution in [-0.2, 0) is 16.0 Å².